The van der Waals surface area contributed by atoms with Crippen LogP contribution in [-0.4, -0.2) is 63.9 Å². The van der Waals surface area contributed by atoms with E-state index in [1.807, 2.05) is 6.92 Å². The van der Waals surface area contributed by atoms with E-state index in [-0.39, 0.29) is 30.8 Å². The Labute approximate surface area is 184 Å². The van der Waals surface area contributed by atoms with Gasteiger partial charge in [0.15, 0.2) is 12.3 Å². The number of urea groups is 1. The minimum Gasteiger partial charge on any atom is -0.370 e. The van der Waals surface area contributed by atoms with E-state index in [9.17, 15) is 22.8 Å². The Bertz CT molecular complexity index is 1200. The Morgan fingerprint density at radius 2 is 2.12 bits per heavy atom. The van der Waals surface area contributed by atoms with E-state index < -0.39 is 38.7 Å². The number of allylic oxidation sites excluding steroid dienone is 1. The van der Waals surface area contributed by atoms with Gasteiger partial charge in [-0.2, -0.15) is 9.37 Å². The molecule has 0 saturated heterocycles. The molecule has 0 radical (unpaired) electrons. The quantitative estimate of drug-likeness (QED) is 0.519. The summed E-state index contributed by atoms with van der Waals surface area (Å²) in [6.07, 6.45) is 5.54. The molecular weight excluding hydrogens is 438 g/mol. The molecule has 0 aromatic carbocycles. The van der Waals surface area contributed by atoms with Crippen molar-refractivity contribution in [3.8, 4) is 0 Å². The molecule has 1 unspecified atom stereocenters. The maximum absolute atomic E-state index is 13.2. The number of rotatable bonds is 8. The van der Waals surface area contributed by atoms with Crippen LogP contribution in [0, 0.1) is 6.92 Å². The molecular formula is C20H24N5O6S+. The van der Waals surface area contributed by atoms with E-state index in [4.69, 9.17) is 10.3 Å². The fraction of sp³-hybridized carbons (Fsp3) is 0.450. The highest BCUT2D eigenvalue weighted by molar-refractivity contribution is 7.90. The van der Waals surface area contributed by atoms with Gasteiger partial charge < -0.3 is 10.3 Å². The van der Waals surface area contributed by atoms with E-state index in [1.165, 1.54) is 22.8 Å². The first-order chi connectivity index (χ1) is 15.0. The molecule has 1 saturated carbocycles. The first-order valence-corrected chi connectivity index (χ1v) is 11.7. The van der Waals surface area contributed by atoms with Crippen molar-refractivity contribution < 1.29 is 31.9 Å². The fourth-order valence-corrected chi connectivity index (χ4v) is 5.22. The summed E-state index contributed by atoms with van der Waals surface area (Å²) >= 11 is 0. The summed E-state index contributed by atoms with van der Waals surface area (Å²) in [4.78, 5) is 38.6. The summed E-state index contributed by atoms with van der Waals surface area (Å²) in [5.74, 6) is -0.973. The maximum atomic E-state index is 13.2. The van der Waals surface area contributed by atoms with E-state index in [1.54, 1.807) is 13.0 Å². The zero-order valence-electron chi connectivity index (χ0n) is 17.7. The molecule has 1 fully saturated rings. The zero-order valence-corrected chi connectivity index (χ0v) is 18.5. The summed E-state index contributed by atoms with van der Waals surface area (Å²) < 4.78 is 34.8. The van der Waals surface area contributed by atoms with Gasteiger partial charge >= 0.3 is 11.9 Å². The largest absolute Gasteiger partial charge is 0.501 e. The molecule has 170 valence electrons. The van der Waals surface area contributed by atoms with Crippen molar-refractivity contribution in [3.05, 3.63) is 41.3 Å². The lowest BCUT2D eigenvalue weighted by Crippen LogP contribution is -2.52. The summed E-state index contributed by atoms with van der Waals surface area (Å²) in [5.41, 5.74) is 5.65. The molecule has 2 heterocycles. The van der Waals surface area contributed by atoms with Gasteiger partial charge in [0.25, 0.3) is 0 Å². The topological polar surface area (TPSA) is 156 Å². The molecule has 32 heavy (non-hydrogen) atoms. The minimum absolute atomic E-state index is 0.0574. The molecule has 3 aliphatic rings. The van der Waals surface area contributed by atoms with Crippen LogP contribution in [0.1, 0.15) is 37.6 Å². The highest BCUT2D eigenvalue weighted by Gasteiger charge is 2.48. The third-order valence-electron chi connectivity index (χ3n) is 5.60. The number of aryl methyl sites for hydroxylation is 1. The molecule has 3 N–H and O–H groups in total. The van der Waals surface area contributed by atoms with Crippen LogP contribution < -0.4 is 10.5 Å². The summed E-state index contributed by atoms with van der Waals surface area (Å²) in [5, 5.41) is 2.68. The molecule has 1 atom stereocenters. The summed E-state index contributed by atoms with van der Waals surface area (Å²) in [7, 11) is -3.79. The van der Waals surface area contributed by atoms with Gasteiger partial charge in [-0.3, -0.25) is 4.79 Å². The summed E-state index contributed by atoms with van der Waals surface area (Å²) in [6.45, 7) is 3.28. The Morgan fingerprint density at radius 3 is 2.72 bits per heavy atom. The number of aromatic nitrogens is 1. The lowest BCUT2D eigenvalue weighted by atomic mass is 9.99. The average Bonchev–Trinajstić information content (AvgIpc) is 3.28. The molecule has 1 aromatic heterocycles. The molecule has 1 aliphatic heterocycles. The number of imide groups is 1. The van der Waals surface area contributed by atoms with Gasteiger partial charge in [0.2, 0.25) is 15.9 Å². The second-order valence-corrected chi connectivity index (χ2v) is 10.3. The lowest BCUT2D eigenvalue weighted by molar-refractivity contribution is -0.435. The van der Waals surface area contributed by atoms with E-state index in [0.717, 1.165) is 17.7 Å². The number of primary amides is 1. The number of nitrogens with two attached hydrogens (primary N) is 1. The number of carbonyl (C=O) groups excluding carboxylic acids is 3. The molecule has 12 heteroatoms. The normalized spacial score (nSPS) is 22.1. The maximum Gasteiger partial charge on any atom is 0.501 e. The predicted octanol–water partition coefficient (Wildman–Crippen LogP) is 0.111. The predicted molar refractivity (Wildman–Crippen MR) is 112 cm³/mol. The van der Waals surface area contributed by atoms with Gasteiger partial charge in [0.1, 0.15) is 23.1 Å². The number of hydrogen-bond donors (Lipinski definition) is 2. The second kappa shape index (κ2) is 7.78. The van der Waals surface area contributed by atoms with Crippen molar-refractivity contribution in [2.45, 2.75) is 50.4 Å². The Hall–Kier alpha value is -3.12. The van der Waals surface area contributed by atoms with Crippen LogP contribution in [-0.2, 0) is 26.2 Å². The van der Waals surface area contributed by atoms with Crippen LogP contribution in [0.4, 0.5) is 4.79 Å². The molecule has 11 nitrogen and oxygen atoms in total. The molecule has 4 rings (SSSR count). The van der Waals surface area contributed by atoms with Crippen molar-refractivity contribution in [1.29, 1.82) is 0 Å². The number of hydrogen-bond acceptors (Lipinski definition) is 7. The van der Waals surface area contributed by atoms with Crippen LogP contribution in [0.3, 0.4) is 0 Å². The van der Waals surface area contributed by atoms with Crippen molar-refractivity contribution in [2.75, 3.05) is 6.54 Å². The van der Waals surface area contributed by atoms with Gasteiger partial charge in [-0.25, -0.2) is 17.9 Å². The van der Waals surface area contributed by atoms with Crippen LogP contribution in [0.15, 0.2) is 34.4 Å². The van der Waals surface area contributed by atoms with Crippen LogP contribution in [0.25, 0.3) is 0 Å². The van der Waals surface area contributed by atoms with Crippen LogP contribution in [0.2, 0.25) is 0 Å². The smallest absolute Gasteiger partial charge is 0.370 e. The van der Waals surface area contributed by atoms with Gasteiger partial charge in [0, 0.05) is 11.6 Å². The number of amides is 4. The van der Waals surface area contributed by atoms with Crippen molar-refractivity contribution in [1.82, 2.24) is 14.8 Å². The van der Waals surface area contributed by atoms with Crippen molar-refractivity contribution in [3.63, 3.8) is 0 Å². The monoisotopic (exact) mass is 462 g/mol. The highest BCUT2D eigenvalue weighted by atomic mass is 32.2. The molecule has 0 spiro atoms. The minimum atomic E-state index is -3.79. The second-order valence-electron chi connectivity index (χ2n) is 8.47. The van der Waals surface area contributed by atoms with Gasteiger partial charge in [-0.05, 0) is 38.8 Å². The first kappa shape index (κ1) is 22.1. The zero-order chi connectivity index (χ0) is 23.3. The van der Waals surface area contributed by atoms with Crippen molar-refractivity contribution >= 4 is 33.6 Å². The molecule has 2 aliphatic carbocycles. The fourth-order valence-electron chi connectivity index (χ4n) is 3.60. The Kier molecular flexibility index (Phi) is 5.37. The Morgan fingerprint density at radius 1 is 1.41 bits per heavy atom. The van der Waals surface area contributed by atoms with Crippen LogP contribution in [0.5, 0.6) is 0 Å². The van der Waals surface area contributed by atoms with Gasteiger partial charge in [-0.1, -0.05) is 11.2 Å². The lowest BCUT2D eigenvalue weighted by Gasteiger charge is -2.26. The molecule has 4 amide bonds. The molecule has 0 bridgehead atoms. The van der Waals surface area contributed by atoms with E-state index in [2.05, 4.69) is 9.88 Å². The SMILES string of the molecule is Cc1cc(CN2C(=O)C3=CC(S(=O)(=O)NC4(C)CC4)C=CC3=[N+](CCC(N)=O)C2=O)on1. The average molecular weight is 463 g/mol. The van der Waals surface area contributed by atoms with Crippen LogP contribution >= 0.6 is 0 Å². The summed E-state index contributed by atoms with van der Waals surface area (Å²) in [6, 6.07) is 0.933. The first-order valence-electron chi connectivity index (χ1n) is 10.1. The van der Waals surface area contributed by atoms with Gasteiger partial charge in [-0.15, -0.1) is 4.90 Å². The number of nitrogens with zero attached hydrogens (tertiary/aromatic N) is 3. The molecule has 1 aromatic rings. The Balaban J connectivity index is 1.71. The highest BCUT2D eigenvalue weighted by Crippen LogP contribution is 2.36. The van der Waals surface area contributed by atoms with E-state index in [0.29, 0.717) is 11.5 Å². The number of nitrogens with one attached hydrogen (secondary N) is 1. The number of carbonyl (C=O) groups is 3. The third-order valence-corrected chi connectivity index (χ3v) is 7.39. The van der Waals surface area contributed by atoms with Gasteiger partial charge in [0.05, 0.1) is 12.1 Å². The standard InChI is InChI=1S/C20H23N5O6S/c1-12-9-13(31-22-12)11-25-18(27)15-10-14(32(29,30)23-20(2)6-7-20)3-4-16(15)24(19(25)28)8-5-17(21)26/h3-4,9-10,14,23H,5-8,11H2,1-2H3,(H-,21,26)/p+1. The van der Waals surface area contributed by atoms with Crippen molar-refractivity contribution in [2.24, 2.45) is 5.73 Å². The number of fused-ring (bicyclic) bond motifs is 1. The number of sulfonamides is 1. The third kappa shape index (κ3) is 4.28. The van der Waals surface area contributed by atoms with E-state index >= 15 is 0 Å².